The van der Waals surface area contributed by atoms with Crippen LogP contribution in [0.25, 0.3) is 0 Å². The summed E-state index contributed by atoms with van der Waals surface area (Å²) in [6.07, 6.45) is 0.489. The van der Waals surface area contributed by atoms with Crippen LogP contribution in [0.5, 0.6) is 0 Å². The number of hydrogen-bond acceptors (Lipinski definition) is 4. The number of carbonyl (C=O) groups is 1. The van der Waals surface area contributed by atoms with Gasteiger partial charge in [0.2, 0.25) is 0 Å². The second-order valence-electron chi connectivity index (χ2n) is 5.44. The van der Waals surface area contributed by atoms with E-state index in [0.717, 1.165) is 5.56 Å². The molecule has 0 amide bonds. The quantitative estimate of drug-likeness (QED) is 0.785. The third kappa shape index (κ3) is 2.96. The maximum atomic E-state index is 12.0. The lowest BCUT2D eigenvalue weighted by Crippen LogP contribution is -2.34. The fourth-order valence-electron chi connectivity index (χ4n) is 2.42. The van der Waals surface area contributed by atoms with Crippen LogP contribution in [0.1, 0.15) is 32.8 Å². The number of esters is 1. The van der Waals surface area contributed by atoms with E-state index in [2.05, 4.69) is 0 Å². The van der Waals surface area contributed by atoms with Gasteiger partial charge in [0.25, 0.3) is 0 Å². The average molecular weight is 263 g/mol. The van der Waals surface area contributed by atoms with E-state index in [1.165, 1.54) is 0 Å². The molecule has 1 saturated heterocycles. The topological polar surface area (TPSA) is 38.8 Å². The van der Waals surface area contributed by atoms with Crippen molar-refractivity contribution in [3.63, 3.8) is 0 Å². The number of nitrogens with zero attached hydrogens (tertiary/aromatic N) is 1. The number of rotatable bonds is 3. The van der Waals surface area contributed by atoms with Crippen molar-refractivity contribution in [2.45, 2.75) is 44.9 Å². The molecule has 1 aromatic carbocycles. The van der Waals surface area contributed by atoms with Crippen molar-refractivity contribution in [3.8, 4) is 0 Å². The van der Waals surface area contributed by atoms with Gasteiger partial charge >= 0.3 is 5.97 Å². The zero-order valence-electron chi connectivity index (χ0n) is 11.9. The van der Waals surface area contributed by atoms with Crippen molar-refractivity contribution >= 4 is 5.97 Å². The van der Waals surface area contributed by atoms with Crippen molar-refractivity contribution in [2.24, 2.45) is 0 Å². The van der Waals surface area contributed by atoms with Crippen LogP contribution in [-0.2, 0) is 20.0 Å². The highest BCUT2D eigenvalue weighted by atomic mass is 16.7. The highest BCUT2D eigenvalue weighted by Crippen LogP contribution is 2.38. The molecule has 1 heterocycles. The van der Waals surface area contributed by atoms with E-state index < -0.39 is 5.60 Å². The summed E-state index contributed by atoms with van der Waals surface area (Å²) in [7, 11) is 1.78. The van der Waals surface area contributed by atoms with E-state index in [-0.39, 0.29) is 18.1 Å². The molecule has 0 radical (unpaired) electrons. The number of carbonyl (C=O) groups excluding carboxylic acids is 1. The molecule has 4 heteroatoms. The highest BCUT2D eigenvalue weighted by Gasteiger charge is 2.45. The first-order valence-electron chi connectivity index (χ1n) is 6.60. The minimum atomic E-state index is -0.476. The van der Waals surface area contributed by atoms with Gasteiger partial charge in [0, 0.05) is 13.5 Å². The van der Waals surface area contributed by atoms with Gasteiger partial charge in [-0.1, -0.05) is 30.3 Å². The summed E-state index contributed by atoms with van der Waals surface area (Å²) in [6.45, 7) is 5.70. The second kappa shape index (κ2) is 5.31. The Balaban J connectivity index is 2.14. The molecular formula is C15H21NO3. The number of ether oxygens (including phenoxy) is 1. The Labute approximate surface area is 114 Å². The predicted octanol–water partition coefficient (Wildman–Crippen LogP) is 2.49. The number of benzene rings is 1. The van der Waals surface area contributed by atoms with E-state index in [0.29, 0.717) is 6.42 Å². The Morgan fingerprint density at radius 2 is 2.05 bits per heavy atom. The lowest BCUT2D eigenvalue weighted by atomic mass is 9.90. The largest absolute Gasteiger partial charge is 0.462 e. The van der Waals surface area contributed by atoms with Crippen molar-refractivity contribution in [3.05, 3.63) is 35.9 Å². The fraction of sp³-hybridized carbons (Fsp3) is 0.533. The first-order chi connectivity index (χ1) is 8.92. The SMILES string of the molecule is CC(C)OC(=O)[C@H]1C[C@](C)(c2ccccc2)ON1C. The predicted molar refractivity (Wildman–Crippen MR) is 72.3 cm³/mol. The summed E-state index contributed by atoms with van der Waals surface area (Å²) < 4.78 is 5.27. The molecule has 4 nitrogen and oxygen atoms in total. The summed E-state index contributed by atoms with van der Waals surface area (Å²) >= 11 is 0. The van der Waals surface area contributed by atoms with Gasteiger partial charge < -0.3 is 4.74 Å². The molecule has 0 aliphatic carbocycles. The maximum Gasteiger partial charge on any atom is 0.326 e. The number of likely N-dealkylation sites (N-methyl/N-ethyl adjacent to an activating group) is 1. The van der Waals surface area contributed by atoms with Crippen molar-refractivity contribution < 1.29 is 14.4 Å². The van der Waals surface area contributed by atoms with Crippen LogP contribution in [0.3, 0.4) is 0 Å². The molecule has 1 aliphatic rings. The van der Waals surface area contributed by atoms with Crippen LogP contribution in [-0.4, -0.2) is 30.2 Å². The Hall–Kier alpha value is -1.39. The monoisotopic (exact) mass is 263 g/mol. The molecule has 104 valence electrons. The standard InChI is InChI=1S/C15H21NO3/c1-11(2)18-14(17)13-10-15(3,19-16(13)4)12-8-6-5-7-9-12/h5-9,11,13H,10H2,1-4H3/t13-,15-/m1/s1. The molecule has 2 rings (SSSR count). The summed E-state index contributed by atoms with van der Waals surface area (Å²) in [5, 5.41) is 1.61. The molecule has 1 aliphatic heterocycles. The zero-order chi connectivity index (χ0) is 14.0. The van der Waals surface area contributed by atoms with Gasteiger partial charge in [-0.2, -0.15) is 5.06 Å². The first-order valence-corrected chi connectivity index (χ1v) is 6.60. The van der Waals surface area contributed by atoms with Gasteiger partial charge in [-0.05, 0) is 26.3 Å². The van der Waals surface area contributed by atoms with E-state index >= 15 is 0 Å². The normalized spacial score (nSPS) is 27.7. The summed E-state index contributed by atoms with van der Waals surface area (Å²) in [6, 6.07) is 9.60. The molecule has 1 fully saturated rings. The van der Waals surface area contributed by atoms with E-state index in [1.54, 1.807) is 12.1 Å². The van der Waals surface area contributed by atoms with Gasteiger partial charge in [0.1, 0.15) is 11.6 Å². The van der Waals surface area contributed by atoms with E-state index in [4.69, 9.17) is 9.57 Å². The summed E-state index contributed by atoms with van der Waals surface area (Å²) in [5.74, 6) is -0.225. The van der Waals surface area contributed by atoms with Crippen molar-refractivity contribution in [2.75, 3.05) is 7.05 Å². The van der Waals surface area contributed by atoms with Crippen LogP contribution >= 0.6 is 0 Å². The van der Waals surface area contributed by atoms with Gasteiger partial charge in [-0.15, -0.1) is 0 Å². The third-order valence-corrected chi connectivity index (χ3v) is 3.38. The average Bonchev–Trinajstić information content (AvgIpc) is 2.67. The summed E-state index contributed by atoms with van der Waals surface area (Å²) in [5.41, 5.74) is 0.595. The van der Waals surface area contributed by atoms with E-state index in [9.17, 15) is 4.79 Å². The molecule has 0 spiro atoms. The molecule has 19 heavy (non-hydrogen) atoms. The highest BCUT2D eigenvalue weighted by molar-refractivity contribution is 5.76. The van der Waals surface area contributed by atoms with Crippen LogP contribution in [0.2, 0.25) is 0 Å². The lowest BCUT2D eigenvalue weighted by molar-refractivity contribution is -0.197. The summed E-state index contributed by atoms with van der Waals surface area (Å²) in [4.78, 5) is 17.9. The number of hydrogen-bond donors (Lipinski definition) is 0. The number of hydroxylamine groups is 2. The second-order valence-corrected chi connectivity index (χ2v) is 5.44. The molecule has 1 aromatic rings. The van der Waals surface area contributed by atoms with Crippen molar-refractivity contribution in [1.29, 1.82) is 0 Å². The minimum Gasteiger partial charge on any atom is -0.462 e. The molecule has 0 saturated carbocycles. The molecule has 0 N–H and O–H groups in total. The molecular weight excluding hydrogens is 242 g/mol. The van der Waals surface area contributed by atoms with Gasteiger partial charge in [0.05, 0.1) is 6.10 Å². The van der Waals surface area contributed by atoms with Gasteiger partial charge in [-0.3, -0.25) is 9.63 Å². The van der Waals surface area contributed by atoms with Gasteiger partial charge in [-0.25, -0.2) is 0 Å². The smallest absolute Gasteiger partial charge is 0.326 e. The maximum absolute atomic E-state index is 12.0. The fourth-order valence-corrected chi connectivity index (χ4v) is 2.42. The third-order valence-electron chi connectivity index (χ3n) is 3.38. The van der Waals surface area contributed by atoms with Crippen LogP contribution in [0.15, 0.2) is 30.3 Å². The minimum absolute atomic E-state index is 0.107. The first kappa shape index (κ1) is 14.0. The lowest BCUT2D eigenvalue weighted by Gasteiger charge is -2.23. The zero-order valence-corrected chi connectivity index (χ0v) is 11.9. The van der Waals surface area contributed by atoms with E-state index in [1.807, 2.05) is 51.1 Å². The van der Waals surface area contributed by atoms with Crippen LogP contribution in [0.4, 0.5) is 0 Å². The Morgan fingerprint density at radius 3 is 2.63 bits per heavy atom. The molecule has 2 atom stereocenters. The molecule has 0 bridgehead atoms. The van der Waals surface area contributed by atoms with Crippen LogP contribution < -0.4 is 0 Å². The van der Waals surface area contributed by atoms with Crippen molar-refractivity contribution in [1.82, 2.24) is 5.06 Å². The molecule has 0 unspecified atom stereocenters. The Kier molecular flexibility index (Phi) is 3.92. The van der Waals surface area contributed by atoms with Crippen LogP contribution in [0, 0.1) is 0 Å². The van der Waals surface area contributed by atoms with Gasteiger partial charge in [0.15, 0.2) is 0 Å². The Morgan fingerprint density at radius 1 is 1.42 bits per heavy atom. The molecule has 0 aromatic heterocycles. The Bertz CT molecular complexity index is 446.